The minimum Gasteiger partial charge on any atom is -0.467 e. The summed E-state index contributed by atoms with van der Waals surface area (Å²) in [6, 6.07) is 5.26. The van der Waals surface area contributed by atoms with E-state index in [1.165, 1.54) is 6.07 Å². The SMILES string of the molecule is CCCNC(Cc1cc(F)ccc1F)c1occc1C. The van der Waals surface area contributed by atoms with Crippen LogP contribution in [0.4, 0.5) is 8.78 Å². The van der Waals surface area contributed by atoms with E-state index in [0.29, 0.717) is 12.0 Å². The van der Waals surface area contributed by atoms with Crippen LogP contribution in [0.15, 0.2) is 34.9 Å². The highest BCUT2D eigenvalue weighted by Crippen LogP contribution is 2.24. The number of benzene rings is 1. The summed E-state index contributed by atoms with van der Waals surface area (Å²) < 4.78 is 32.5. The van der Waals surface area contributed by atoms with Gasteiger partial charge in [0.15, 0.2) is 0 Å². The van der Waals surface area contributed by atoms with E-state index in [1.807, 2.05) is 13.0 Å². The Morgan fingerprint density at radius 3 is 2.70 bits per heavy atom. The first kappa shape index (κ1) is 14.7. The normalized spacial score (nSPS) is 12.6. The number of hydrogen-bond donors (Lipinski definition) is 1. The zero-order valence-corrected chi connectivity index (χ0v) is 11.7. The van der Waals surface area contributed by atoms with Crippen LogP contribution in [-0.2, 0) is 6.42 Å². The van der Waals surface area contributed by atoms with Gasteiger partial charge in [0.1, 0.15) is 17.4 Å². The molecule has 1 aromatic carbocycles. The van der Waals surface area contributed by atoms with Crippen LogP contribution >= 0.6 is 0 Å². The molecule has 0 spiro atoms. The van der Waals surface area contributed by atoms with Crippen LogP contribution in [0.2, 0.25) is 0 Å². The number of furan rings is 1. The summed E-state index contributed by atoms with van der Waals surface area (Å²) >= 11 is 0. The molecule has 2 aromatic rings. The van der Waals surface area contributed by atoms with Gasteiger partial charge in [-0.2, -0.15) is 0 Å². The van der Waals surface area contributed by atoms with E-state index in [1.54, 1.807) is 6.26 Å². The summed E-state index contributed by atoms with van der Waals surface area (Å²) in [5.74, 6) is -0.0344. The number of rotatable bonds is 6. The maximum absolute atomic E-state index is 13.8. The van der Waals surface area contributed by atoms with Gasteiger partial charge in [-0.3, -0.25) is 0 Å². The van der Waals surface area contributed by atoms with Crippen LogP contribution in [0, 0.1) is 18.6 Å². The molecule has 1 N–H and O–H groups in total. The van der Waals surface area contributed by atoms with Crippen molar-refractivity contribution in [2.45, 2.75) is 32.7 Å². The van der Waals surface area contributed by atoms with Crippen LogP contribution in [0.1, 0.15) is 36.3 Å². The fourth-order valence-corrected chi connectivity index (χ4v) is 2.24. The highest BCUT2D eigenvalue weighted by atomic mass is 19.1. The average molecular weight is 279 g/mol. The van der Waals surface area contributed by atoms with Crippen LogP contribution in [-0.4, -0.2) is 6.54 Å². The summed E-state index contributed by atoms with van der Waals surface area (Å²) in [5.41, 5.74) is 1.37. The molecule has 0 aliphatic rings. The van der Waals surface area contributed by atoms with Crippen LogP contribution in [0.3, 0.4) is 0 Å². The van der Waals surface area contributed by atoms with E-state index < -0.39 is 5.82 Å². The fraction of sp³-hybridized carbons (Fsp3) is 0.375. The lowest BCUT2D eigenvalue weighted by Crippen LogP contribution is -2.24. The molecule has 0 aliphatic heterocycles. The summed E-state index contributed by atoms with van der Waals surface area (Å²) in [7, 11) is 0. The molecule has 1 heterocycles. The third-order valence-corrected chi connectivity index (χ3v) is 3.29. The molecule has 0 bridgehead atoms. The first-order chi connectivity index (χ1) is 9.61. The summed E-state index contributed by atoms with van der Waals surface area (Å²) in [4.78, 5) is 0. The van der Waals surface area contributed by atoms with Gasteiger partial charge in [0, 0.05) is 0 Å². The molecule has 2 nitrogen and oxygen atoms in total. The van der Waals surface area contributed by atoms with E-state index in [4.69, 9.17) is 4.42 Å². The van der Waals surface area contributed by atoms with Gasteiger partial charge in [0.25, 0.3) is 0 Å². The highest BCUT2D eigenvalue weighted by molar-refractivity contribution is 5.24. The molecule has 0 radical (unpaired) electrons. The first-order valence-corrected chi connectivity index (χ1v) is 6.83. The Morgan fingerprint density at radius 2 is 2.05 bits per heavy atom. The average Bonchev–Trinajstić information content (AvgIpc) is 2.84. The summed E-state index contributed by atoms with van der Waals surface area (Å²) in [6.45, 7) is 4.80. The number of halogens is 2. The fourth-order valence-electron chi connectivity index (χ4n) is 2.24. The Labute approximate surface area is 117 Å². The summed E-state index contributed by atoms with van der Waals surface area (Å²) in [6.07, 6.45) is 2.94. The van der Waals surface area contributed by atoms with Gasteiger partial charge in [-0.25, -0.2) is 8.78 Å². The zero-order valence-electron chi connectivity index (χ0n) is 11.7. The second-order valence-corrected chi connectivity index (χ2v) is 4.91. The lowest BCUT2D eigenvalue weighted by molar-refractivity contribution is 0.403. The molecule has 0 saturated carbocycles. The molecule has 1 unspecified atom stereocenters. The first-order valence-electron chi connectivity index (χ1n) is 6.83. The van der Waals surface area contributed by atoms with Crippen molar-refractivity contribution in [2.75, 3.05) is 6.54 Å². The quantitative estimate of drug-likeness (QED) is 0.859. The topological polar surface area (TPSA) is 25.2 Å². The molecular weight excluding hydrogens is 260 g/mol. The largest absolute Gasteiger partial charge is 0.467 e. The Balaban J connectivity index is 2.23. The van der Waals surface area contributed by atoms with Gasteiger partial charge in [-0.1, -0.05) is 6.92 Å². The Morgan fingerprint density at radius 1 is 1.25 bits per heavy atom. The van der Waals surface area contributed by atoms with E-state index in [-0.39, 0.29) is 11.9 Å². The van der Waals surface area contributed by atoms with Gasteiger partial charge < -0.3 is 9.73 Å². The van der Waals surface area contributed by atoms with Gasteiger partial charge in [0.05, 0.1) is 12.3 Å². The Hall–Kier alpha value is -1.68. The third kappa shape index (κ3) is 3.45. The molecule has 4 heteroatoms. The predicted octanol–water partition coefficient (Wildman–Crippen LogP) is 4.15. The van der Waals surface area contributed by atoms with Crippen molar-refractivity contribution in [3.63, 3.8) is 0 Å². The minimum absolute atomic E-state index is 0.152. The molecule has 108 valence electrons. The Bertz CT molecular complexity index is 565. The summed E-state index contributed by atoms with van der Waals surface area (Å²) in [5, 5.41) is 3.32. The van der Waals surface area contributed by atoms with Crippen LogP contribution in [0.5, 0.6) is 0 Å². The zero-order chi connectivity index (χ0) is 14.5. The second kappa shape index (κ2) is 6.66. The van der Waals surface area contributed by atoms with Crippen molar-refractivity contribution in [3.05, 3.63) is 59.1 Å². The van der Waals surface area contributed by atoms with Crippen molar-refractivity contribution in [2.24, 2.45) is 0 Å². The second-order valence-electron chi connectivity index (χ2n) is 4.91. The molecule has 0 saturated heterocycles. The van der Waals surface area contributed by atoms with Crippen molar-refractivity contribution >= 4 is 0 Å². The molecule has 0 aliphatic carbocycles. The van der Waals surface area contributed by atoms with E-state index in [2.05, 4.69) is 12.2 Å². The predicted molar refractivity (Wildman–Crippen MR) is 74.5 cm³/mol. The molecule has 1 aromatic heterocycles. The van der Waals surface area contributed by atoms with E-state index >= 15 is 0 Å². The Kier molecular flexibility index (Phi) is 4.90. The van der Waals surface area contributed by atoms with Gasteiger partial charge in [-0.05, 0) is 61.7 Å². The molecule has 0 amide bonds. The number of nitrogens with one attached hydrogen (secondary N) is 1. The van der Waals surface area contributed by atoms with Crippen molar-refractivity contribution in [1.29, 1.82) is 0 Å². The highest BCUT2D eigenvalue weighted by Gasteiger charge is 2.19. The minimum atomic E-state index is -0.424. The van der Waals surface area contributed by atoms with E-state index in [0.717, 1.165) is 36.4 Å². The standard InChI is InChI=1S/C16H19F2NO/c1-3-7-19-15(16-11(2)6-8-20-16)10-12-9-13(17)4-5-14(12)18/h4-6,8-9,15,19H,3,7,10H2,1-2H3. The van der Waals surface area contributed by atoms with Gasteiger partial charge >= 0.3 is 0 Å². The maximum Gasteiger partial charge on any atom is 0.126 e. The smallest absolute Gasteiger partial charge is 0.126 e. The van der Waals surface area contributed by atoms with Crippen molar-refractivity contribution in [1.82, 2.24) is 5.32 Å². The van der Waals surface area contributed by atoms with Gasteiger partial charge in [0.2, 0.25) is 0 Å². The molecule has 1 atom stereocenters. The third-order valence-electron chi connectivity index (χ3n) is 3.29. The van der Waals surface area contributed by atoms with Crippen molar-refractivity contribution < 1.29 is 13.2 Å². The van der Waals surface area contributed by atoms with Crippen LogP contribution in [0.25, 0.3) is 0 Å². The molecule has 20 heavy (non-hydrogen) atoms. The van der Waals surface area contributed by atoms with Gasteiger partial charge in [-0.15, -0.1) is 0 Å². The molecule has 2 rings (SSSR count). The lowest BCUT2D eigenvalue weighted by atomic mass is 10.0. The maximum atomic E-state index is 13.8. The molecule has 0 fully saturated rings. The number of aryl methyl sites for hydroxylation is 1. The lowest BCUT2D eigenvalue weighted by Gasteiger charge is -2.18. The monoisotopic (exact) mass is 279 g/mol. The van der Waals surface area contributed by atoms with E-state index in [9.17, 15) is 8.78 Å². The number of hydrogen-bond acceptors (Lipinski definition) is 2. The molecular formula is C16H19F2NO. The van der Waals surface area contributed by atoms with Crippen LogP contribution < -0.4 is 5.32 Å². The van der Waals surface area contributed by atoms with Crippen molar-refractivity contribution in [3.8, 4) is 0 Å².